The smallest absolute Gasteiger partial charge is 0.241 e. The number of amides is 1. The maximum atomic E-state index is 13.2. The minimum atomic E-state index is -0.188. The summed E-state index contributed by atoms with van der Waals surface area (Å²) in [6, 6.07) is -0.0404. The Hall–Kier alpha value is -0.880. The van der Waals surface area contributed by atoms with E-state index < -0.39 is 0 Å². The zero-order chi connectivity index (χ0) is 18.6. The summed E-state index contributed by atoms with van der Waals surface area (Å²) in [5.41, 5.74) is -0.188. The first-order chi connectivity index (χ1) is 11.9. The van der Waals surface area contributed by atoms with Gasteiger partial charge in [0.05, 0.1) is 11.7 Å². The first-order valence-corrected chi connectivity index (χ1v) is 10.4. The van der Waals surface area contributed by atoms with E-state index in [9.17, 15) is 4.79 Å². The number of nitrogens with zero attached hydrogens (tertiary/aromatic N) is 2. The second-order valence-corrected chi connectivity index (χ2v) is 8.21. The highest BCUT2D eigenvalue weighted by molar-refractivity contribution is 7.80. The summed E-state index contributed by atoms with van der Waals surface area (Å²) < 4.78 is 0. The zero-order valence-electron chi connectivity index (χ0n) is 16.6. The Kier molecular flexibility index (Phi) is 7.09. The molecule has 0 unspecified atom stereocenters. The molecule has 2 heterocycles. The van der Waals surface area contributed by atoms with Gasteiger partial charge in [0.1, 0.15) is 0 Å². The standard InChI is InChI=1S/C19H36N4OS/c1-6-14(4)13-23-17(24)16(15(5)7-2)21-19(23)9-11-22(12-10-19)18(25)20-8-3/h14-16,21H,6-13H2,1-5H3,(H,20,25)/t14-,15-,16+/m0/s1. The van der Waals surface area contributed by atoms with E-state index in [0.717, 1.165) is 57.0 Å². The second kappa shape index (κ2) is 8.67. The molecule has 0 bridgehead atoms. The van der Waals surface area contributed by atoms with Crippen LogP contribution >= 0.6 is 12.2 Å². The van der Waals surface area contributed by atoms with Crippen molar-refractivity contribution in [2.45, 2.75) is 72.0 Å². The highest BCUT2D eigenvalue weighted by atomic mass is 32.1. The van der Waals surface area contributed by atoms with Gasteiger partial charge in [0.15, 0.2) is 5.11 Å². The molecule has 0 saturated carbocycles. The molecule has 2 aliphatic heterocycles. The van der Waals surface area contributed by atoms with Gasteiger partial charge in [-0.1, -0.05) is 40.5 Å². The summed E-state index contributed by atoms with van der Waals surface area (Å²) in [6.45, 7) is 14.4. The van der Waals surface area contributed by atoms with Crippen LogP contribution in [0, 0.1) is 11.8 Å². The molecule has 0 radical (unpaired) electrons. The number of hydrogen-bond acceptors (Lipinski definition) is 3. The first kappa shape index (κ1) is 20.4. The van der Waals surface area contributed by atoms with E-state index in [2.05, 4.69) is 55.1 Å². The molecule has 1 spiro atoms. The van der Waals surface area contributed by atoms with Gasteiger partial charge in [-0.15, -0.1) is 0 Å². The lowest BCUT2D eigenvalue weighted by molar-refractivity contribution is -0.134. The van der Waals surface area contributed by atoms with Crippen molar-refractivity contribution in [2.24, 2.45) is 11.8 Å². The number of nitrogens with one attached hydrogen (secondary N) is 2. The van der Waals surface area contributed by atoms with E-state index in [1.165, 1.54) is 0 Å². The fourth-order valence-electron chi connectivity index (χ4n) is 3.89. The van der Waals surface area contributed by atoms with Crippen LogP contribution in [0.25, 0.3) is 0 Å². The summed E-state index contributed by atoms with van der Waals surface area (Å²) in [6.07, 6.45) is 4.00. The van der Waals surface area contributed by atoms with Crippen molar-refractivity contribution in [1.82, 2.24) is 20.4 Å². The molecule has 25 heavy (non-hydrogen) atoms. The monoisotopic (exact) mass is 368 g/mol. The van der Waals surface area contributed by atoms with E-state index in [1.807, 2.05) is 0 Å². The highest BCUT2D eigenvalue weighted by Gasteiger charge is 2.52. The van der Waals surface area contributed by atoms with Gasteiger partial charge >= 0.3 is 0 Å². The normalized spacial score (nSPS) is 25.3. The SMILES string of the molecule is CCNC(=S)N1CCC2(CC1)N[C@H]([C@@H](C)CC)C(=O)N2C[C@@H](C)CC. The van der Waals surface area contributed by atoms with Crippen molar-refractivity contribution in [3.05, 3.63) is 0 Å². The number of piperidine rings is 1. The Labute approximate surface area is 158 Å². The summed E-state index contributed by atoms with van der Waals surface area (Å²) in [4.78, 5) is 17.6. The van der Waals surface area contributed by atoms with Gasteiger partial charge in [-0.25, -0.2) is 0 Å². The Morgan fingerprint density at radius 1 is 1.28 bits per heavy atom. The molecular formula is C19H36N4OS. The van der Waals surface area contributed by atoms with Crippen molar-refractivity contribution < 1.29 is 4.79 Å². The third-order valence-corrected chi connectivity index (χ3v) is 6.49. The van der Waals surface area contributed by atoms with E-state index in [4.69, 9.17) is 12.2 Å². The van der Waals surface area contributed by atoms with Crippen molar-refractivity contribution in [3.63, 3.8) is 0 Å². The molecule has 0 aromatic rings. The molecule has 0 aliphatic carbocycles. The summed E-state index contributed by atoms with van der Waals surface area (Å²) in [5.74, 6) is 1.20. The van der Waals surface area contributed by atoms with Gasteiger partial charge in [0.25, 0.3) is 0 Å². The van der Waals surface area contributed by atoms with Crippen LogP contribution in [-0.4, -0.2) is 58.7 Å². The first-order valence-electron chi connectivity index (χ1n) is 10.00. The van der Waals surface area contributed by atoms with Gasteiger partial charge in [-0.05, 0) is 31.0 Å². The number of rotatable bonds is 6. The van der Waals surface area contributed by atoms with Crippen LogP contribution in [0.4, 0.5) is 0 Å². The minimum absolute atomic E-state index is 0.0404. The minimum Gasteiger partial charge on any atom is -0.363 e. The van der Waals surface area contributed by atoms with Gasteiger partial charge in [-0.3, -0.25) is 10.1 Å². The van der Waals surface area contributed by atoms with Gasteiger partial charge in [0, 0.05) is 39.0 Å². The fraction of sp³-hybridized carbons (Fsp3) is 0.895. The van der Waals surface area contributed by atoms with E-state index in [1.54, 1.807) is 0 Å². The van der Waals surface area contributed by atoms with Gasteiger partial charge in [0.2, 0.25) is 5.91 Å². The van der Waals surface area contributed by atoms with Crippen LogP contribution in [0.5, 0.6) is 0 Å². The lowest BCUT2D eigenvalue weighted by atomic mass is 9.94. The topological polar surface area (TPSA) is 47.6 Å². The molecule has 0 aromatic heterocycles. The molecule has 2 rings (SSSR count). The molecular weight excluding hydrogens is 332 g/mol. The van der Waals surface area contributed by atoms with E-state index in [-0.39, 0.29) is 11.7 Å². The van der Waals surface area contributed by atoms with Crippen molar-refractivity contribution in [1.29, 1.82) is 0 Å². The molecule has 3 atom stereocenters. The molecule has 1 amide bonds. The average molecular weight is 369 g/mol. The molecule has 2 N–H and O–H groups in total. The zero-order valence-corrected chi connectivity index (χ0v) is 17.4. The Bertz CT molecular complexity index is 476. The number of thiocarbonyl (C=S) groups is 1. The largest absolute Gasteiger partial charge is 0.363 e. The average Bonchev–Trinajstić information content (AvgIpc) is 2.87. The molecule has 5 nitrogen and oxygen atoms in total. The lowest BCUT2D eigenvalue weighted by Crippen LogP contribution is -2.61. The third kappa shape index (κ3) is 4.27. The van der Waals surface area contributed by atoms with Crippen LogP contribution in [0.1, 0.15) is 60.3 Å². The van der Waals surface area contributed by atoms with Gasteiger partial charge in [-0.2, -0.15) is 0 Å². The molecule has 2 saturated heterocycles. The lowest BCUT2D eigenvalue weighted by Gasteiger charge is -2.46. The van der Waals surface area contributed by atoms with Crippen LogP contribution in [-0.2, 0) is 4.79 Å². The number of carbonyl (C=O) groups excluding carboxylic acids is 1. The molecule has 2 fully saturated rings. The predicted molar refractivity (Wildman–Crippen MR) is 107 cm³/mol. The van der Waals surface area contributed by atoms with Gasteiger partial charge < -0.3 is 15.1 Å². The van der Waals surface area contributed by atoms with Crippen LogP contribution in [0.3, 0.4) is 0 Å². The van der Waals surface area contributed by atoms with E-state index >= 15 is 0 Å². The number of hydrogen-bond donors (Lipinski definition) is 2. The van der Waals surface area contributed by atoms with Crippen molar-refractivity contribution in [2.75, 3.05) is 26.2 Å². The number of carbonyl (C=O) groups is 1. The van der Waals surface area contributed by atoms with E-state index in [0.29, 0.717) is 17.7 Å². The Morgan fingerprint density at radius 3 is 2.44 bits per heavy atom. The fourth-order valence-corrected chi connectivity index (χ4v) is 4.22. The summed E-state index contributed by atoms with van der Waals surface area (Å²) in [7, 11) is 0. The summed E-state index contributed by atoms with van der Waals surface area (Å²) >= 11 is 5.47. The summed E-state index contributed by atoms with van der Waals surface area (Å²) in [5, 5.41) is 7.85. The second-order valence-electron chi connectivity index (χ2n) is 7.82. The molecule has 2 aliphatic rings. The predicted octanol–water partition coefficient (Wildman–Crippen LogP) is 2.57. The molecule has 0 aromatic carbocycles. The van der Waals surface area contributed by atoms with Crippen LogP contribution in [0.2, 0.25) is 0 Å². The Morgan fingerprint density at radius 2 is 1.92 bits per heavy atom. The Balaban J connectivity index is 2.15. The molecule has 6 heteroatoms. The van der Waals surface area contributed by atoms with Crippen LogP contribution in [0.15, 0.2) is 0 Å². The third-order valence-electron chi connectivity index (χ3n) is 6.08. The van der Waals surface area contributed by atoms with Crippen LogP contribution < -0.4 is 10.6 Å². The van der Waals surface area contributed by atoms with Crippen molar-refractivity contribution in [3.8, 4) is 0 Å². The maximum Gasteiger partial charge on any atom is 0.241 e. The number of likely N-dealkylation sites (tertiary alicyclic amines) is 1. The quantitative estimate of drug-likeness (QED) is 0.706. The molecule has 144 valence electrons. The van der Waals surface area contributed by atoms with Crippen molar-refractivity contribution >= 4 is 23.2 Å². The highest BCUT2D eigenvalue weighted by Crippen LogP contribution is 2.35. The maximum absolute atomic E-state index is 13.2.